The molecule has 1 aromatic heterocycles. The van der Waals surface area contributed by atoms with Crippen molar-refractivity contribution < 1.29 is 23.0 Å². The molecule has 0 saturated carbocycles. The lowest BCUT2D eigenvalue weighted by Gasteiger charge is -2.30. The lowest BCUT2D eigenvalue weighted by atomic mass is 10.1. The maximum atomic E-state index is 12.0. The average Bonchev–Trinajstić information content (AvgIpc) is 3.19. The molecule has 8 nitrogen and oxygen atoms in total. The van der Waals surface area contributed by atoms with E-state index in [0.29, 0.717) is 36.3 Å². The van der Waals surface area contributed by atoms with E-state index in [0.717, 1.165) is 24.8 Å². The quantitative estimate of drug-likeness (QED) is 0.634. The number of amides is 1. The van der Waals surface area contributed by atoms with Gasteiger partial charge in [-0.25, -0.2) is 4.79 Å². The van der Waals surface area contributed by atoms with E-state index >= 15 is 0 Å². The Hall–Kier alpha value is -2.39. The summed E-state index contributed by atoms with van der Waals surface area (Å²) in [6.07, 6.45) is 3.70. The number of carbonyl (C=O) groups is 1. The molecular weight excluding hydrogens is 394 g/mol. The minimum atomic E-state index is -2.25. The van der Waals surface area contributed by atoms with Crippen LogP contribution in [0.2, 0.25) is 0 Å². The fourth-order valence-electron chi connectivity index (χ4n) is 2.99. The van der Waals surface area contributed by atoms with Crippen LogP contribution in [-0.4, -0.2) is 63.3 Å². The van der Waals surface area contributed by atoms with Crippen LogP contribution in [0.25, 0.3) is 11.5 Å². The maximum Gasteiger partial charge on any atom is 0.409 e. The lowest BCUT2D eigenvalue weighted by molar-refractivity contribution is -0.00626. The zero-order valence-electron chi connectivity index (χ0n) is 16.8. The number of hydrogen-bond acceptors (Lipinski definition) is 7. The van der Waals surface area contributed by atoms with Crippen LogP contribution in [0.4, 0.5) is 4.79 Å². The molecule has 0 spiro atoms. The summed E-state index contributed by atoms with van der Waals surface area (Å²) in [6, 6.07) is 7.08. The monoisotopic (exact) mass is 421 g/mol. The topological polar surface area (TPSA) is 94.8 Å². The van der Waals surface area contributed by atoms with Crippen molar-refractivity contribution in [3.8, 4) is 11.5 Å². The fourth-order valence-corrected chi connectivity index (χ4v) is 3.71. The number of ether oxygens (including phenoxy) is 2. The number of rotatable bonds is 7. The van der Waals surface area contributed by atoms with Crippen LogP contribution in [0.3, 0.4) is 0 Å². The highest BCUT2D eigenvalue weighted by Crippen LogP contribution is 2.21. The van der Waals surface area contributed by atoms with Gasteiger partial charge in [-0.1, -0.05) is 12.1 Å². The summed E-state index contributed by atoms with van der Waals surface area (Å²) in [5.74, 6) is 4.52. The molecular formula is C20H27N3O5S. The molecule has 0 N–H and O–H groups in total. The minimum absolute atomic E-state index is 0.0428. The van der Waals surface area contributed by atoms with Crippen LogP contribution < -0.4 is 0 Å². The highest BCUT2D eigenvalue weighted by Gasteiger charge is 2.24. The molecule has 1 saturated heterocycles. The van der Waals surface area contributed by atoms with Crippen LogP contribution in [0.15, 0.2) is 33.7 Å². The van der Waals surface area contributed by atoms with E-state index in [9.17, 15) is 9.00 Å². The van der Waals surface area contributed by atoms with Gasteiger partial charge in [0.2, 0.25) is 0 Å². The van der Waals surface area contributed by atoms with Gasteiger partial charge in [0.1, 0.15) is 6.61 Å². The van der Waals surface area contributed by atoms with Gasteiger partial charge in [-0.3, -0.25) is 4.21 Å². The molecule has 1 aliphatic rings. The summed E-state index contributed by atoms with van der Waals surface area (Å²) in [4.78, 5) is 18.6. The average molecular weight is 422 g/mol. The van der Waals surface area contributed by atoms with Crippen LogP contribution in [-0.2, 0) is 25.6 Å². The Morgan fingerprint density at radius 3 is 2.62 bits per heavy atom. The Labute approximate surface area is 171 Å². The Morgan fingerprint density at radius 2 is 2.00 bits per heavy atom. The number of nitrogens with zero attached hydrogens (tertiary/aromatic N) is 3. The van der Waals surface area contributed by atoms with E-state index in [2.05, 4.69) is 16.0 Å². The van der Waals surface area contributed by atoms with E-state index < -0.39 is 9.52 Å². The molecule has 1 fully saturated rings. The van der Waals surface area contributed by atoms with Gasteiger partial charge >= 0.3 is 6.09 Å². The first kappa shape index (κ1) is 21.3. The highest BCUT2D eigenvalue weighted by atomic mass is 32.2. The molecule has 1 amide bonds. The highest BCUT2D eigenvalue weighted by molar-refractivity contribution is 7.99. The van der Waals surface area contributed by atoms with E-state index in [-0.39, 0.29) is 18.8 Å². The summed E-state index contributed by atoms with van der Waals surface area (Å²) >= 11 is 0. The molecule has 0 bridgehead atoms. The Bertz CT molecular complexity index is 916. The van der Waals surface area contributed by atoms with E-state index in [1.165, 1.54) is 0 Å². The van der Waals surface area contributed by atoms with Gasteiger partial charge in [0, 0.05) is 29.8 Å². The number of piperidine rings is 1. The van der Waals surface area contributed by atoms with E-state index in [4.69, 9.17) is 14.0 Å². The standard InChI is InChI=1S/C20H27N3O5S/c1-4-13-26-20(24)23-11-9-16(10-12-23)27-14-18-21-19(28-22-18)15-5-7-17(8-6-15)29(2,3)25/h5-8,16H,2,4,9-14H2,1,3H3. The van der Waals surface area contributed by atoms with Gasteiger partial charge < -0.3 is 18.9 Å². The maximum absolute atomic E-state index is 12.0. The minimum Gasteiger partial charge on any atom is -0.449 e. The van der Waals surface area contributed by atoms with Crippen molar-refractivity contribution in [2.45, 2.75) is 43.8 Å². The zero-order valence-corrected chi connectivity index (χ0v) is 17.7. The molecule has 9 heteroatoms. The Balaban J connectivity index is 1.48. The van der Waals surface area contributed by atoms with Crippen LogP contribution >= 0.6 is 0 Å². The molecule has 1 aliphatic heterocycles. The molecule has 2 aromatic rings. The molecule has 2 heterocycles. The van der Waals surface area contributed by atoms with Crippen molar-refractivity contribution in [1.29, 1.82) is 0 Å². The lowest BCUT2D eigenvalue weighted by Crippen LogP contribution is -2.41. The Kier molecular flexibility index (Phi) is 6.92. The van der Waals surface area contributed by atoms with Crippen LogP contribution in [0.5, 0.6) is 0 Å². The molecule has 1 atom stereocenters. The molecule has 158 valence electrons. The molecule has 0 aliphatic carbocycles. The van der Waals surface area contributed by atoms with Crippen molar-refractivity contribution in [3.63, 3.8) is 0 Å². The van der Waals surface area contributed by atoms with Gasteiger partial charge in [0.05, 0.1) is 12.7 Å². The largest absolute Gasteiger partial charge is 0.449 e. The second-order valence-corrected chi connectivity index (χ2v) is 9.64. The third-order valence-corrected chi connectivity index (χ3v) is 5.92. The van der Waals surface area contributed by atoms with Crippen molar-refractivity contribution in [2.75, 3.05) is 26.0 Å². The molecule has 1 unspecified atom stereocenters. The third-order valence-electron chi connectivity index (χ3n) is 4.65. The second kappa shape index (κ2) is 9.41. The normalized spacial score (nSPS) is 17.1. The summed E-state index contributed by atoms with van der Waals surface area (Å²) in [5, 5.41) is 3.96. The number of likely N-dealkylation sites (tertiary alicyclic amines) is 1. The number of aromatic nitrogens is 2. The fraction of sp³-hybridized carbons (Fsp3) is 0.500. The third kappa shape index (κ3) is 5.80. The number of hydrogen-bond donors (Lipinski definition) is 0. The first-order valence-corrected chi connectivity index (χ1v) is 11.8. The summed E-state index contributed by atoms with van der Waals surface area (Å²) in [7, 11) is -2.25. The van der Waals surface area contributed by atoms with Crippen molar-refractivity contribution in [1.82, 2.24) is 15.0 Å². The predicted octanol–water partition coefficient (Wildman–Crippen LogP) is 2.97. The first-order valence-electron chi connectivity index (χ1n) is 9.65. The predicted molar refractivity (Wildman–Crippen MR) is 110 cm³/mol. The van der Waals surface area contributed by atoms with Crippen LogP contribution in [0, 0.1) is 0 Å². The van der Waals surface area contributed by atoms with E-state index in [1.807, 2.05) is 6.92 Å². The summed E-state index contributed by atoms with van der Waals surface area (Å²) in [5.41, 5.74) is 0.745. The zero-order chi connectivity index (χ0) is 20.9. The number of benzene rings is 1. The first-order chi connectivity index (χ1) is 13.9. The molecule has 3 rings (SSSR count). The van der Waals surface area contributed by atoms with Gasteiger partial charge in [-0.15, -0.1) is 0 Å². The van der Waals surface area contributed by atoms with Crippen molar-refractivity contribution in [3.05, 3.63) is 30.1 Å². The SMILES string of the molecule is C=S(C)(=O)c1ccc(-c2nc(COC3CCN(C(=O)OCCC)CC3)no2)cc1. The van der Waals surface area contributed by atoms with Gasteiger partial charge in [0.25, 0.3) is 5.89 Å². The number of carbonyl (C=O) groups excluding carboxylic acids is 1. The van der Waals surface area contributed by atoms with Crippen molar-refractivity contribution in [2.24, 2.45) is 0 Å². The molecule has 0 radical (unpaired) electrons. The molecule has 29 heavy (non-hydrogen) atoms. The van der Waals surface area contributed by atoms with Gasteiger partial charge in [-0.2, -0.15) is 4.98 Å². The van der Waals surface area contributed by atoms with Crippen LogP contribution in [0.1, 0.15) is 32.0 Å². The molecule has 1 aromatic carbocycles. The van der Waals surface area contributed by atoms with Crippen molar-refractivity contribution >= 4 is 21.5 Å². The Morgan fingerprint density at radius 1 is 1.31 bits per heavy atom. The van der Waals surface area contributed by atoms with Gasteiger partial charge in [0.15, 0.2) is 5.82 Å². The summed E-state index contributed by atoms with van der Waals surface area (Å²) in [6.45, 7) is 3.89. The summed E-state index contributed by atoms with van der Waals surface area (Å²) < 4.78 is 28.3. The van der Waals surface area contributed by atoms with Gasteiger partial charge in [-0.05, 0) is 58.9 Å². The smallest absolute Gasteiger partial charge is 0.409 e. The second-order valence-electron chi connectivity index (χ2n) is 7.16. The van der Waals surface area contributed by atoms with E-state index in [1.54, 1.807) is 35.4 Å².